The summed E-state index contributed by atoms with van der Waals surface area (Å²) in [4.78, 5) is 13.1. The van der Waals surface area contributed by atoms with Crippen LogP contribution in [-0.4, -0.2) is 28.0 Å². The highest BCUT2D eigenvalue weighted by atomic mass is 32.2. The topological polar surface area (TPSA) is 75.7 Å². The number of anilines is 1. The van der Waals surface area contributed by atoms with Crippen LogP contribution in [0.15, 0.2) is 77.7 Å². The SMILES string of the molecule is CCOc1ccccc1CNC(=O)c1ccccc1N(C)S(=O)(=O)c1ccc(C)cc1. The molecule has 0 aliphatic rings. The fourth-order valence-electron chi connectivity index (χ4n) is 3.15. The molecule has 0 aliphatic carbocycles. The standard InChI is InChI=1S/C24H26N2O4S/c1-4-30-23-12-8-5-9-19(23)17-25-24(27)21-10-6-7-11-22(21)26(3)31(28,29)20-15-13-18(2)14-16-20/h5-16H,4,17H2,1-3H3,(H,25,27). The zero-order valence-electron chi connectivity index (χ0n) is 17.8. The highest BCUT2D eigenvalue weighted by Gasteiger charge is 2.25. The summed E-state index contributed by atoms with van der Waals surface area (Å²) in [5.41, 5.74) is 2.39. The number of sulfonamides is 1. The first-order valence-electron chi connectivity index (χ1n) is 9.98. The quantitative estimate of drug-likeness (QED) is 0.573. The van der Waals surface area contributed by atoms with E-state index in [0.717, 1.165) is 15.4 Å². The van der Waals surface area contributed by atoms with Crippen LogP contribution in [0.25, 0.3) is 0 Å². The number of hydrogen-bond acceptors (Lipinski definition) is 4. The number of amides is 1. The van der Waals surface area contributed by atoms with Crippen LogP contribution in [-0.2, 0) is 16.6 Å². The number of nitrogens with one attached hydrogen (secondary N) is 1. The van der Waals surface area contributed by atoms with Crippen molar-refractivity contribution in [2.75, 3.05) is 18.0 Å². The average molecular weight is 439 g/mol. The molecule has 0 saturated heterocycles. The Balaban J connectivity index is 1.84. The first kappa shape index (κ1) is 22.4. The summed E-state index contributed by atoms with van der Waals surface area (Å²) >= 11 is 0. The molecule has 1 amide bonds. The van der Waals surface area contributed by atoms with Gasteiger partial charge in [-0.25, -0.2) is 8.42 Å². The molecule has 0 heterocycles. The van der Waals surface area contributed by atoms with E-state index in [2.05, 4.69) is 5.32 Å². The second-order valence-electron chi connectivity index (χ2n) is 7.03. The van der Waals surface area contributed by atoms with Gasteiger partial charge in [0.05, 0.1) is 22.8 Å². The van der Waals surface area contributed by atoms with Crippen LogP contribution in [0.2, 0.25) is 0 Å². The lowest BCUT2D eigenvalue weighted by Crippen LogP contribution is -2.30. The van der Waals surface area contributed by atoms with Crippen molar-refractivity contribution < 1.29 is 17.9 Å². The van der Waals surface area contributed by atoms with Gasteiger partial charge in [0.2, 0.25) is 0 Å². The summed E-state index contributed by atoms with van der Waals surface area (Å²) in [6.45, 7) is 4.58. The number of nitrogens with zero attached hydrogens (tertiary/aromatic N) is 1. The van der Waals surface area contributed by atoms with E-state index in [1.807, 2.05) is 38.1 Å². The summed E-state index contributed by atoms with van der Waals surface area (Å²) < 4.78 is 32.9. The van der Waals surface area contributed by atoms with Crippen LogP contribution in [0.4, 0.5) is 5.69 Å². The van der Waals surface area contributed by atoms with Crippen molar-refractivity contribution in [3.05, 3.63) is 89.5 Å². The molecule has 1 N–H and O–H groups in total. The fourth-order valence-corrected chi connectivity index (χ4v) is 4.37. The van der Waals surface area contributed by atoms with Gasteiger partial charge in [0, 0.05) is 19.2 Å². The molecular weight excluding hydrogens is 412 g/mol. The minimum Gasteiger partial charge on any atom is -0.494 e. The summed E-state index contributed by atoms with van der Waals surface area (Å²) in [6.07, 6.45) is 0. The number of carbonyl (C=O) groups is 1. The van der Waals surface area contributed by atoms with Crippen LogP contribution in [0, 0.1) is 6.92 Å². The number of hydrogen-bond donors (Lipinski definition) is 1. The lowest BCUT2D eigenvalue weighted by Gasteiger charge is -2.22. The predicted molar refractivity (Wildman–Crippen MR) is 122 cm³/mol. The molecule has 3 aromatic carbocycles. The second-order valence-corrected chi connectivity index (χ2v) is 9.00. The summed E-state index contributed by atoms with van der Waals surface area (Å²) in [6, 6.07) is 20.7. The third-order valence-corrected chi connectivity index (χ3v) is 6.66. The minimum atomic E-state index is -3.81. The largest absolute Gasteiger partial charge is 0.494 e. The van der Waals surface area contributed by atoms with Crippen LogP contribution >= 0.6 is 0 Å². The molecule has 0 aromatic heterocycles. The maximum atomic E-state index is 13.1. The molecule has 0 atom stereocenters. The molecule has 0 bridgehead atoms. The Hall–Kier alpha value is -3.32. The molecule has 3 aromatic rings. The van der Waals surface area contributed by atoms with E-state index in [-0.39, 0.29) is 22.9 Å². The van der Waals surface area contributed by atoms with Crippen molar-refractivity contribution in [1.29, 1.82) is 0 Å². The van der Waals surface area contributed by atoms with Gasteiger partial charge in [-0.2, -0.15) is 0 Å². The molecule has 0 spiro atoms. The summed E-state index contributed by atoms with van der Waals surface area (Å²) in [7, 11) is -2.36. The zero-order chi connectivity index (χ0) is 22.4. The Labute approximate surface area is 183 Å². The molecule has 0 unspecified atom stereocenters. The number of rotatable bonds is 8. The predicted octanol–water partition coefficient (Wildman–Crippen LogP) is 4.15. The molecule has 0 saturated carbocycles. The molecule has 6 nitrogen and oxygen atoms in total. The van der Waals surface area contributed by atoms with E-state index in [4.69, 9.17) is 4.74 Å². The van der Waals surface area contributed by atoms with Gasteiger partial charge in [-0.15, -0.1) is 0 Å². The third-order valence-electron chi connectivity index (χ3n) is 4.88. The monoisotopic (exact) mass is 438 g/mol. The van der Waals surface area contributed by atoms with E-state index in [1.54, 1.807) is 48.5 Å². The van der Waals surface area contributed by atoms with E-state index < -0.39 is 10.0 Å². The molecule has 0 aliphatic heterocycles. The number of carbonyl (C=O) groups excluding carboxylic acids is 1. The summed E-state index contributed by atoms with van der Waals surface area (Å²) in [5, 5.41) is 2.87. The Morgan fingerprint density at radius 2 is 1.61 bits per heavy atom. The molecule has 0 fully saturated rings. The molecule has 0 radical (unpaired) electrons. The Morgan fingerprint density at radius 3 is 2.32 bits per heavy atom. The Morgan fingerprint density at radius 1 is 0.968 bits per heavy atom. The van der Waals surface area contributed by atoms with E-state index >= 15 is 0 Å². The smallest absolute Gasteiger partial charge is 0.264 e. The highest BCUT2D eigenvalue weighted by Crippen LogP contribution is 2.26. The fraction of sp³-hybridized carbons (Fsp3) is 0.208. The van der Waals surface area contributed by atoms with Gasteiger partial charge in [-0.05, 0) is 44.2 Å². The summed E-state index contributed by atoms with van der Waals surface area (Å²) in [5.74, 6) is 0.338. The maximum absolute atomic E-state index is 13.1. The number of aryl methyl sites for hydroxylation is 1. The van der Waals surface area contributed by atoms with Crippen LogP contribution < -0.4 is 14.4 Å². The van der Waals surface area contributed by atoms with Crippen molar-refractivity contribution in [1.82, 2.24) is 5.32 Å². The van der Waals surface area contributed by atoms with Gasteiger partial charge < -0.3 is 10.1 Å². The highest BCUT2D eigenvalue weighted by molar-refractivity contribution is 7.92. The average Bonchev–Trinajstić information content (AvgIpc) is 2.78. The number of benzene rings is 3. The van der Waals surface area contributed by atoms with Crippen LogP contribution in [0.1, 0.15) is 28.4 Å². The van der Waals surface area contributed by atoms with E-state index in [0.29, 0.717) is 18.0 Å². The minimum absolute atomic E-state index is 0.168. The lowest BCUT2D eigenvalue weighted by atomic mass is 10.1. The van der Waals surface area contributed by atoms with Crippen molar-refractivity contribution in [3.63, 3.8) is 0 Å². The van der Waals surface area contributed by atoms with Gasteiger partial charge in [0.1, 0.15) is 5.75 Å². The van der Waals surface area contributed by atoms with Crippen LogP contribution in [0.5, 0.6) is 5.75 Å². The maximum Gasteiger partial charge on any atom is 0.264 e. The number of para-hydroxylation sites is 2. The van der Waals surface area contributed by atoms with Crippen molar-refractivity contribution in [2.45, 2.75) is 25.3 Å². The first-order valence-corrected chi connectivity index (χ1v) is 11.4. The van der Waals surface area contributed by atoms with E-state index in [9.17, 15) is 13.2 Å². The molecule has 3 rings (SSSR count). The number of ether oxygens (including phenoxy) is 1. The molecule has 7 heteroatoms. The van der Waals surface area contributed by atoms with E-state index in [1.165, 1.54) is 7.05 Å². The van der Waals surface area contributed by atoms with Crippen molar-refractivity contribution in [3.8, 4) is 5.75 Å². The van der Waals surface area contributed by atoms with Crippen molar-refractivity contribution >= 4 is 21.6 Å². The van der Waals surface area contributed by atoms with Gasteiger partial charge in [-0.3, -0.25) is 9.10 Å². The lowest BCUT2D eigenvalue weighted by molar-refractivity contribution is 0.0951. The van der Waals surface area contributed by atoms with Crippen molar-refractivity contribution in [2.24, 2.45) is 0 Å². The molecule has 31 heavy (non-hydrogen) atoms. The van der Waals surface area contributed by atoms with Gasteiger partial charge in [0.15, 0.2) is 0 Å². The normalized spacial score (nSPS) is 11.1. The molecule has 162 valence electrons. The van der Waals surface area contributed by atoms with Gasteiger partial charge in [0.25, 0.3) is 15.9 Å². The first-order chi connectivity index (χ1) is 14.8. The Bertz CT molecular complexity index is 1160. The molecular formula is C24H26N2O4S. The van der Waals surface area contributed by atoms with Gasteiger partial charge >= 0.3 is 0 Å². The Kier molecular flexibility index (Phi) is 6.97. The zero-order valence-corrected chi connectivity index (χ0v) is 18.6. The second kappa shape index (κ2) is 9.66. The van der Waals surface area contributed by atoms with Crippen LogP contribution in [0.3, 0.4) is 0 Å². The third kappa shape index (κ3) is 5.06. The van der Waals surface area contributed by atoms with Gasteiger partial charge in [-0.1, -0.05) is 48.0 Å².